The molecule has 0 amide bonds. The van der Waals surface area contributed by atoms with Crippen molar-refractivity contribution in [3.8, 4) is 0 Å². The zero-order chi connectivity index (χ0) is 19.3. The van der Waals surface area contributed by atoms with E-state index in [9.17, 15) is 4.79 Å². The van der Waals surface area contributed by atoms with Crippen molar-refractivity contribution in [3.63, 3.8) is 0 Å². The molecule has 0 spiro atoms. The second kappa shape index (κ2) is 10.3. The Morgan fingerprint density at radius 2 is 1.41 bits per heavy atom. The highest BCUT2D eigenvalue weighted by Gasteiger charge is 2.48. The summed E-state index contributed by atoms with van der Waals surface area (Å²) in [5.74, 6) is 4.59. The lowest BCUT2D eigenvalue weighted by Crippen LogP contribution is -2.15. The molecule has 1 heterocycles. The first-order chi connectivity index (χ1) is 12.6. The number of benzene rings is 1. The molecule has 3 saturated carbocycles. The van der Waals surface area contributed by atoms with Crippen LogP contribution in [-0.2, 0) is 10.3 Å². The summed E-state index contributed by atoms with van der Waals surface area (Å²) in [6.07, 6.45) is 9.53. The van der Waals surface area contributed by atoms with Crippen molar-refractivity contribution in [2.75, 3.05) is 0 Å². The minimum Gasteiger partial charge on any atom is -0.451 e. The van der Waals surface area contributed by atoms with Crippen LogP contribution in [0.5, 0.6) is 0 Å². The van der Waals surface area contributed by atoms with Crippen LogP contribution in [0, 0.1) is 23.7 Å². The maximum Gasteiger partial charge on any atom is 0.339 e. The summed E-state index contributed by atoms with van der Waals surface area (Å²) >= 11 is 0. The van der Waals surface area contributed by atoms with Crippen LogP contribution < -0.4 is 0 Å². The summed E-state index contributed by atoms with van der Waals surface area (Å²) in [4.78, 5) is 11.3. The number of carbonyl (C=O) groups is 1. The van der Waals surface area contributed by atoms with E-state index in [0.29, 0.717) is 5.56 Å². The van der Waals surface area contributed by atoms with Gasteiger partial charge >= 0.3 is 5.97 Å². The molecule has 4 aliphatic rings. The summed E-state index contributed by atoms with van der Waals surface area (Å²) in [6.45, 7) is 11.8. The molecule has 0 saturated heterocycles. The van der Waals surface area contributed by atoms with Gasteiger partial charge in [-0.1, -0.05) is 59.7 Å². The zero-order valence-electron chi connectivity index (χ0n) is 17.7. The molecule has 154 valence electrons. The van der Waals surface area contributed by atoms with E-state index in [1.54, 1.807) is 44.6 Å². The Kier molecular flexibility index (Phi) is 9.05. The third-order valence-corrected chi connectivity index (χ3v) is 6.49. The molecule has 1 aromatic rings. The van der Waals surface area contributed by atoms with Crippen LogP contribution in [0.3, 0.4) is 0 Å². The van der Waals surface area contributed by atoms with Gasteiger partial charge in [-0.15, -0.1) is 0 Å². The highest BCUT2D eigenvalue weighted by Crippen LogP contribution is 2.58. The Labute approximate surface area is 168 Å². The molecule has 0 aromatic heterocycles. The minimum absolute atomic E-state index is 0. The van der Waals surface area contributed by atoms with Crippen LogP contribution >= 0.6 is 0 Å². The van der Waals surface area contributed by atoms with Crippen molar-refractivity contribution in [2.45, 2.75) is 93.1 Å². The van der Waals surface area contributed by atoms with Gasteiger partial charge in [0.15, 0.2) is 0 Å². The summed E-state index contributed by atoms with van der Waals surface area (Å²) in [6, 6.07) is 7.50. The lowest BCUT2D eigenvalue weighted by atomic mass is 9.82. The molecule has 1 aliphatic heterocycles. The van der Waals surface area contributed by atoms with E-state index in [1.165, 1.54) is 23.7 Å². The van der Waals surface area contributed by atoms with E-state index < -0.39 is 5.60 Å². The van der Waals surface area contributed by atoms with Gasteiger partial charge in [-0.05, 0) is 75.7 Å². The predicted octanol–water partition coefficient (Wildman–Crippen LogP) is 7.61. The Morgan fingerprint density at radius 3 is 1.93 bits per heavy atom. The number of hydrogen-bond acceptors (Lipinski definition) is 2. The van der Waals surface area contributed by atoms with Crippen LogP contribution in [0.1, 0.15) is 103 Å². The lowest BCUT2D eigenvalue weighted by Gasteiger charge is -2.23. The van der Waals surface area contributed by atoms with E-state index in [1.807, 2.05) is 59.7 Å². The molecule has 4 unspecified atom stereocenters. The first-order valence-electron chi connectivity index (χ1n) is 10.9. The van der Waals surface area contributed by atoms with Gasteiger partial charge in [0, 0.05) is 5.56 Å². The van der Waals surface area contributed by atoms with Crippen LogP contribution in [0.25, 0.3) is 0 Å². The lowest BCUT2D eigenvalue weighted by molar-refractivity contribution is 0.00954. The van der Waals surface area contributed by atoms with E-state index >= 15 is 0 Å². The average molecular weight is 375 g/mol. The molecule has 1 aromatic carbocycles. The average Bonchev–Trinajstić information content (AvgIpc) is 3.42. The third kappa shape index (κ3) is 4.76. The van der Waals surface area contributed by atoms with Gasteiger partial charge in [0.1, 0.15) is 5.60 Å². The first kappa shape index (κ1) is 23.7. The fourth-order valence-corrected chi connectivity index (χ4v) is 5.55. The molecule has 3 fully saturated rings. The fraction of sp³-hybridized carbons (Fsp3) is 0.720. The quantitative estimate of drug-likeness (QED) is 0.437. The van der Waals surface area contributed by atoms with Crippen molar-refractivity contribution in [1.29, 1.82) is 0 Å². The molecule has 0 N–H and O–H groups in total. The van der Waals surface area contributed by atoms with Gasteiger partial charge in [-0.3, -0.25) is 0 Å². The van der Waals surface area contributed by atoms with Gasteiger partial charge < -0.3 is 4.74 Å². The Balaban J connectivity index is 0.000000223. The van der Waals surface area contributed by atoms with Gasteiger partial charge in [0.2, 0.25) is 0 Å². The third-order valence-electron chi connectivity index (χ3n) is 6.49. The monoisotopic (exact) mass is 374 g/mol. The maximum atomic E-state index is 11.3. The molecular formula is C25H42O2. The molecule has 4 atom stereocenters. The number of hydrogen-bond donors (Lipinski definition) is 0. The van der Waals surface area contributed by atoms with Gasteiger partial charge in [0.25, 0.3) is 0 Å². The van der Waals surface area contributed by atoms with E-state index in [-0.39, 0.29) is 13.4 Å². The molecule has 5 rings (SSSR count). The summed E-state index contributed by atoms with van der Waals surface area (Å²) < 4.78 is 5.18. The smallest absolute Gasteiger partial charge is 0.339 e. The summed E-state index contributed by atoms with van der Waals surface area (Å²) in [5, 5.41) is 0. The predicted molar refractivity (Wildman–Crippen MR) is 116 cm³/mol. The Hall–Kier alpha value is -1.31. The SMILES string of the molecule is C.C1CC2C3CCC(C3)C2C1.CC.CC.CC1(C)OC(=O)c2ccccc21. The number of carbonyl (C=O) groups excluding carboxylic acids is 1. The number of esters is 1. The standard InChI is InChI=1S/C10H10O2.C10H16.2C2H6.CH4/c1-10(2)8-6-4-3-5-7(8)9(11)12-10;1-2-9-7-4-5-8(6-7)10(9)3-1;2*1-2;/h3-6H,1-2H3;7-10H,1-6H2;2*1-2H3;1H4. The zero-order valence-corrected chi connectivity index (χ0v) is 17.7. The van der Waals surface area contributed by atoms with Crippen LogP contribution in [0.4, 0.5) is 0 Å². The maximum absolute atomic E-state index is 11.3. The Morgan fingerprint density at radius 1 is 0.889 bits per heavy atom. The van der Waals surface area contributed by atoms with Crippen molar-refractivity contribution in [3.05, 3.63) is 35.4 Å². The van der Waals surface area contributed by atoms with E-state index in [4.69, 9.17) is 4.74 Å². The number of cyclic esters (lactones) is 1. The van der Waals surface area contributed by atoms with E-state index in [2.05, 4.69) is 0 Å². The number of ether oxygens (including phenoxy) is 1. The minimum atomic E-state index is -0.451. The number of rotatable bonds is 0. The van der Waals surface area contributed by atoms with Crippen LogP contribution in [-0.4, -0.2) is 5.97 Å². The molecular weight excluding hydrogens is 332 g/mol. The highest BCUT2D eigenvalue weighted by molar-refractivity contribution is 5.94. The largest absolute Gasteiger partial charge is 0.451 e. The molecule has 27 heavy (non-hydrogen) atoms. The van der Waals surface area contributed by atoms with Crippen molar-refractivity contribution >= 4 is 5.97 Å². The molecule has 2 heteroatoms. The first-order valence-corrected chi connectivity index (χ1v) is 10.9. The fourth-order valence-electron chi connectivity index (χ4n) is 5.55. The van der Waals surface area contributed by atoms with Gasteiger partial charge in [-0.25, -0.2) is 4.79 Å². The normalized spacial score (nSPS) is 30.1. The van der Waals surface area contributed by atoms with Gasteiger partial charge in [-0.2, -0.15) is 0 Å². The second-order valence-corrected chi connectivity index (χ2v) is 8.04. The van der Waals surface area contributed by atoms with Crippen LogP contribution in [0.15, 0.2) is 24.3 Å². The van der Waals surface area contributed by atoms with Crippen molar-refractivity contribution < 1.29 is 9.53 Å². The molecule has 2 nitrogen and oxygen atoms in total. The summed E-state index contributed by atoms with van der Waals surface area (Å²) in [5.41, 5.74) is 1.23. The topological polar surface area (TPSA) is 26.3 Å². The van der Waals surface area contributed by atoms with E-state index in [0.717, 1.165) is 5.56 Å². The second-order valence-electron chi connectivity index (χ2n) is 8.04. The van der Waals surface area contributed by atoms with Crippen molar-refractivity contribution in [2.24, 2.45) is 23.7 Å². The molecule has 2 bridgehead atoms. The van der Waals surface area contributed by atoms with Gasteiger partial charge in [0.05, 0.1) is 5.56 Å². The molecule has 0 radical (unpaired) electrons. The van der Waals surface area contributed by atoms with Crippen molar-refractivity contribution in [1.82, 2.24) is 0 Å². The summed E-state index contributed by atoms with van der Waals surface area (Å²) in [7, 11) is 0. The highest BCUT2D eigenvalue weighted by atomic mass is 16.6. The number of fused-ring (bicyclic) bond motifs is 6. The van der Waals surface area contributed by atoms with Crippen LogP contribution in [0.2, 0.25) is 0 Å². The molecule has 3 aliphatic carbocycles. The Bertz CT molecular complexity index is 574.